The van der Waals surface area contributed by atoms with Crippen LogP contribution in [0.5, 0.6) is 17.2 Å². The van der Waals surface area contributed by atoms with E-state index in [-0.39, 0.29) is 5.82 Å². The minimum absolute atomic E-state index is 0.268. The first-order chi connectivity index (χ1) is 11.2. The highest BCUT2D eigenvalue weighted by Gasteiger charge is 2.02. The largest absolute Gasteiger partial charge is 0.489 e. The van der Waals surface area contributed by atoms with E-state index in [2.05, 4.69) is 0 Å². The summed E-state index contributed by atoms with van der Waals surface area (Å²) in [6.45, 7) is 0.309. The van der Waals surface area contributed by atoms with Gasteiger partial charge in [0.2, 0.25) is 0 Å². The van der Waals surface area contributed by atoms with E-state index < -0.39 is 0 Å². The highest BCUT2D eigenvalue weighted by Crippen LogP contribution is 2.28. The fourth-order valence-electron chi connectivity index (χ4n) is 2.10. The standard InChI is InChI=1S/C19H16FNO2/c20-15-5-3-4-14(12-15)13-22-16-8-10-17(11-9-16)23-19-7-2-1-6-18(19)21/h1-12H,13,21H2. The van der Waals surface area contributed by atoms with Gasteiger partial charge in [0.25, 0.3) is 0 Å². The lowest BCUT2D eigenvalue weighted by molar-refractivity contribution is 0.305. The lowest BCUT2D eigenvalue weighted by Gasteiger charge is -2.10. The van der Waals surface area contributed by atoms with Gasteiger partial charge >= 0.3 is 0 Å². The van der Waals surface area contributed by atoms with E-state index in [9.17, 15) is 4.39 Å². The lowest BCUT2D eigenvalue weighted by Crippen LogP contribution is -1.96. The zero-order valence-electron chi connectivity index (χ0n) is 12.4. The second kappa shape index (κ2) is 6.83. The van der Waals surface area contributed by atoms with Crippen molar-refractivity contribution in [1.29, 1.82) is 0 Å². The van der Waals surface area contributed by atoms with Crippen LogP contribution in [0.25, 0.3) is 0 Å². The van der Waals surface area contributed by atoms with Crippen LogP contribution in [0.4, 0.5) is 10.1 Å². The summed E-state index contributed by atoms with van der Waals surface area (Å²) in [7, 11) is 0. The Morgan fingerprint density at radius 2 is 1.57 bits per heavy atom. The fraction of sp³-hybridized carbons (Fsp3) is 0.0526. The minimum Gasteiger partial charge on any atom is -0.489 e. The molecule has 3 nitrogen and oxygen atoms in total. The zero-order valence-corrected chi connectivity index (χ0v) is 12.4. The zero-order chi connectivity index (χ0) is 16.1. The van der Waals surface area contributed by atoms with Gasteiger partial charge in [0.1, 0.15) is 29.7 Å². The van der Waals surface area contributed by atoms with Gasteiger partial charge in [0.15, 0.2) is 0 Å². The molecule has 3 aromatic rings. The first-order valence-electron chi connectivity index (χ1n) is 7.20. The van der Waals surface area contributed by atoms with E-state index in [1.165, 1.54) is 12.1 Å². The summed E-state index contributed by atoms with van der Waals surface area (Å²) in [5.41, 5.74) is 7.20. The number of anilines is 1. The molecule has 0 aliphatic heterocycles. The first kappa shape index (κ1) is 14.9. The number of para-hydroxylation sites is 2. The summed E-state index contributed by atoms with van der Waals surface area (Å²) in [4.78, 5) is 0. The van der Waals surface area contributed by atoms with Crippen molar-refractivity contribution in [3.8, 4) is 17.2 Å². The van der Waals surface area contributed by atoms with Gasteiger partial charge in [-0.3, -0.25) is 0 Å². The monoisotopic (exact) mass is 309 g/mol. The predicted octanol–water partition coefficient (Wildman–Crippen LogP) is 4.78. The smallest absolute Gasteiger partial charge is 0.150 e. The van der Waals surface area contributed by atoms with Gasteiger partial charge in [-0.15, -0.1) is 0 Å². The molecular weight excluding hydrogens is 293 g/mol. The Balaban J connectivity index is 1.62. The highest BCUT2D eigenvalue weighted by molar-refractivity contribution is 5.53. The van der Waals surface area contributed by atoms with Crippen LogP contribution in [0.1, 0.15) is 5.56 Å². The molecule has 0 saturated heterocycles. The van der Waals surface area contributed by atoms with Crippen molar-refractivity contribution < 1.29 is 13.9 Å². The number of hydrogen-bond acceptors (Lipinski definition) is 3. The van der Waals surface area contributed by atoms with Gasteiger partial charge < -0.3 is 15.2 Å². The molecule has 4 heteroatoms. The SMILES string of the molecule is Nc1ccccc1Oc1ccc(OCc2cccc(F)c2)cc1. The summed E-state index contributed by atoms with van der Waals surface area (Å²) in [6, 6.07) is 20.8. The maximum absolute atomic E-state index is 13.1. The van der Waals surface area contributed by atoms with Gasteiger partial charge in [-0.25, -0.2) is 4.39 Å². The fourth-order valence-corrected chi connectivity index (χ4v) is 2.10. The van der Waals surface area contributed by atoms with E-state index in [1.54, 1.807) is 36.4 Å². The normalized spacial score (nSPS) is 10.3. The molecule has 0 saturated carbocycles. The molecule has 3 aromatic carbocycles. The molecule has 0 fully saturated rings. The molecule has 0 aliphatic rings. The van der Waals surface area contributed by atoms with E-state index in [0.717, 1.165) is 5.56 Å². The molecule has 0 atom stereocenters. The molecule has 0 unspecified atom stereocenters. The van der Waals surface area contributed by atoms with Gasteiger partial charge in [0.05, 0.1) is 5.69 Å². The summed E-state index contributed by atoms with van der Waals surface area (Å²) >= 11 is 0. The molecule has 0 aromatic heterocycles. The van der Waals surface area contributed by atoms with Crippen LogP contribution in [-0.2, 0) is 6.61 Å². The summed E-state index contributed by atoms with van der Waals surface area (Å²) in [6.07, 6.45) is 0. The second-order valence-corrected chi connectivity index (χ2v) is 5.03. The van der Waals surface area contributed by atoms with Crippen molar-refractivity contribution in [3.63, 3.8) is 0 Å². The van der Waals surface area contributed by atoms with Gasteiger partial charge in [-0.2, -0.15) is 0 Å². The van der Waals surface area contributed by atoms with Crippen LogP contribution in [0.2, 0.25) is 0 Å². The van der Waals surface area contributed by atoms with Crippen molar-refractivity contribution in [2.24, 2.45) is 0 Å². The van der Waals surface area contributed by atoms with Gasteiger partial charge in [0, 0.05) is 0 Å². The van der Waals surface area contributed by atoms with Crippen molar-refractivity contribution in [2.45, 2.75) is 6.61 Å². The van der Waals surface area contributed by atoms with E-state index in [4.69, 9.17) is 15.2 Å². The van der Waals surface area contributed by atoms with Crippen LogP contribution >= 0.6 is 0 Å². The maximum Gasteiger partial charge on any atom is 0.150 e. The van der Waals surface area contributed by atoms with Crippen LogP contribution in [0.3, 0.4) is 0 Å². The number of nitrogen functional groups attached to an aromatic ring is 1. The van der Waals surface area contributed by atoms with Crippen LogP contribution in [-0.4, -0.2) is 0 Å². The molecule has 23 heavy (non-hydrogen) atoms. The Labute approximate surface area is 134 Å². The number of ether oxygens (including phenoxy) is 2. The Bertz CT molecular complexity index is 787. The first-order valence-corrected chi connectivity index (χ1v) is 7.20. The van der Waals surface area contributed by atoms with Crippen LogP contribution < -0.4 is 15.2 Å². The van der Waals surface area contributed by atoms with Crippen molar-refractivity contribution in [3.05, 3.63) is 84.2 Å². The highest BCUT2D eigenvalue weighted by atomic mass is 19.1. The predicted molar refractivity (Wildman–Crippen MR) is 88.1 cm³/mol. The molecule has 0 heterocycles. The Kier molecular flexibility index (Phi) is 4.43. The van der Waals surface area contributed by atoms with Crippen LogP contribution in [0.15, 0.2) is 72.8 Å². The summed E-state index contributed by atoms with van der Waals surface area (Å²) in [5.74, 6) is 1.69. The second-order valence-electron chi connectivity index (χ2n) is 5.03. The lowest BCUT2D eigenvalue weighted by atomic mass is 10.2. The topological polar surface area (TPSA) is 44.5 Å². The molecule has 3 rings (SSSR count). The van der Waals surface area contributed by atoms with E-state index >= 15 is 0 Å². The third kappa shape index (κ3) is 4.01. The maximum atomic E-state index is 13.1. The average Bonchev–Trinajstić information content (AvgIpc) is 2.56. The molecule has 0 bridgehead atoms. The van der Waals surface area contributed by atoms with Crippen LogP contribution in [0, 0.1) is 5.82 Å². The number of rotatable bonds is 5. The van der Waals surface area contributed by atoms with Crippen molar-refractivity contribution in [2.75, 3.05) is 5.73 Å². The molecule has 0 radical (unpaired) electrons. The third-order valence-corrected chi connectivity index (χ3v) is 3.27. The molecule has 0 aliphatic carbocycles. The Hall–Kier alpha value is -3.01. The molecular formula is C19H16FNO2. The minimum atomic E-state index is -0.268. The number of halogens is 1. The van der Waals surface area contributed by atoms with E-state index in [1.807, 2.05) is 24.3 Å². The van der Waals surface area contributed by atoms with Crippen molar-refractivity contribution in [1.82, 2.24) is 0 Å². The number of nitrogens with two attached hydrogens (primary N) is 1. The Morgan fingerprint density at radius 1 is 0.826 bits per heavy atom. The van der Waals surface area contributed by atoms with E-state index in [0.29, 0.717) is 29.5 Å². The molecule has 2 N–H and O–H groups in total. The molecule has 0 amide bonds. The summed E-state index contributed by atoms with van der Waals surface area (Å²) < 4.78 is 24.4. The average molecular weight is 309 g/mol. The quantitative estimate of drug-likeness (QED) is 0.690. The number of hydrogen-bond donors (Lipinski definition) is 1. The van der Waals surface area contributed by atoms with Gasteiger partial charge in [-0.1, -0.05) is 24.3 Å². The number of benzene rings is 3. The van der Waals surface area contributed by atoms with Crippen molar-refractivity contribution >= 4 is 5.69 Å². The molecule has 0 spiro atoms. The van der Waals surface area contributed by atoms with Gasteiger partial charge in [-0.05, 0) is 54.1 Å². The molecule has 116 valence electrons. The Morgan fingerprint density at radius 3 is 2.30 bits per heavy atom. The summed E-state index contributed by atoms with van der Waals surface area (Å²) in [5, 5.41) is 0. The third-order valence-electron chi connectivity index (χ3n) is 3.27.